The van der Waals surface area contributed by atoms with E-state index >= 15 is 0 Å². The number of carbonyl (C=O) groups is 2. The summed E-state index contributed by atoms with van der Waals surface area (Å²) in [6.45, 7) is 2.22. The monoisotopic (exact) mass is 368 g/mol. The topological polar surface area (TPSA) is 61.8 Å². The summed E-state index contributed by atoms with van der Waals surface area (Å²) in [7, 11) is 1.57. The van der Waals surface area contributed by atoms with Crippen molar-refractivity contribution in [3.05, 3.63) is 54.1 Å². The van der Waals surface area contributed by atoms with E-state index in [-0.39, 0.29) is 11.9 Å². The molecule has 2 aromatic rings. The molecule has 1 aliphatic carbocycles. The van der Waals surface area contributed by atoms with Gasteiger partial charge in [-0.3, -0.25) is 4.79 Å². The van der Waals surface area contributed by atoms with Gasteiger partial charge < -0.3 is 14.2 Å². The second-order valence-electron chi connectivity index (χ2n) is 6.97. The molecule has 0 spiro atoms. The zero-order chi connectivity index (χ0) is 19.2. The molecule has 142 valence electrons. The van der Waals surface area contributed by atoms with Crippen LogP contribution in [0.2, 0.25) is 0 Å². The van der Waals surface area contributed by atoms with Crippen LogP contribution in [0.5, 0.6) is 17.2 Å². The van der Waals surface area contributed by atoms with Crippen LogP contribution in [-0.2, 0) is 4.79 Å². The first kappa shape index (κ1) is 19.0. The van der Waals surface area contributed by atoms with Crippen molar-refractivity contribution >= 4 is 11.9 Å². The van der Waals surface area contributed by atoms with Crippen LogP contribution in [0.1, 0.15) is 43.0 Å². The van der Waals surface area contributed by atoms with E-state index < -0.39 is 5.97 Å². The van der Waals surface area contributed by atoms with Gasteiger partial charge in [-0.2, -0.15) is 0 Å². The van der Waals surface area contributed by atoms with Crippen molar-refractivity contribution in [1.29, 1.82) is 0 Å². The van der Waals surface area contributed by atoms with Gasteiger partial charge in [0.2, 0.25) is 0 Å². The van der Waals surface area contributed by atoms with E-state index in [4.69, 9.17) is 14.2 Å². The van der Waals surface area contributed by atoms with Crippen LogP contribution >= 0.6 is 0 Å². The maximum Gasteiger partial charge on any atom is 0.343 e. The molecule has 0 saturated heterocycles. The average Bonchev–Trinajstić information content (AvgIpc) is 2.70. The summed E-state index contributed by atoms with van der Waals surface area (Å²) in [4.78, 5) is 24.4. The van der Waals surface area contributed by atoms with Gasteiger partial charge >= 0.3 is 11.9 Å². The number of esters is 2. The zero-order valence-electron chi connectivity index (χ0n) is 15.6. The fraction of sp³-hybridized carbons (Fsp3) is 0.364. The van der Waals surface area contributed by atoms with Gasteiger partial charge in [-0.15, -0.1) is 0 Å². The van der Waals surface area contributed by atoms with Gasteiger partial charge in [0.15, 0.2) is 0 Å². The van der Waals surface area contributed by atoms with Gasteiger partial charge in [0.05, 0.1) is 18.6 Å². The molecule has 1 saturated carbocycles. The molecule has 3 rings (SSSR count). The molecular weight excluding hydrogens is 344 g/mol. The van der Waals surface area contributed by atoms with Gasteiger partial charge in [0.25, 0.3) is 0 Å². The third-order valence-electron chi connectivity index (χ3n) is 4.93. The first-order chi connectivity index (χ1) is 13.0. The van der Waals surface area contributed by atoms with Gasteiger partial charge in [-0.1, -0.05) is 6.92 Å². The second kappa shape index (κ2) is 8.71. The van der Waals surface area contributed by atoms with Crippen LogP contribution < -0.4 is 14.2 Å². The molecule has 0 N–H and O–H groups in total. The number of hydrogen-bond acceptors (Lipinski definition) is 5. The summed E-state index contributed by atoms with van der Waals surface area (Å²) < 4.78 is 15.9. The highest BCUT2D eigenvalue weighted by molar-refractivity contribution is 5.91. The Morgan fingerprint density at radius 1 is 0.778 bits per heavy atom. The molecule has 0 amide bonds. The number of hydrogen-bond donors (Lipinski definition) is 0. The Bertz CT molecular complexity index is 771. The van der Waals surface area contributed by atoms with Gasteiger partial charge in [-0.25, -0.2) is 4.79 Å². The lowest BCUT2D eigenvalue weighted by Crippen LogP contribution is -2.24. The van der Waals surface area contributed by atoms with Gasteiger partial charge in [-0.05, 0) is 80.1 Å². The number of rotatable bonds is 5. The fourth-order valence-corrected chi connectivity index (χ4v) is 3.16. The highest BCUT2D eigenvalue weighted by Crippen LogP contribution is 2.30. The fourth-order valence-electron chi connectivity index (χ4n) is 3.16. The standard InChI is InChI=1S/C22H24O5/c1-15-3-5-16(6-4-15)21(23)26-19-11-13-20(14-12-19)27-22(24)17-7-9-18(25-2)10-8-17/h7-16H,3-6H2,1-2H3. The molecule has 0 atom stereocenters. The summed E-state index contributed by atoms with van der Waals surface area (Å²) in [5, 5.41) is 0. The summed E-state index contributed by atoms with van der Waals surface area (Å²) >= 11 is 0. The summed E-state index contributed by atoms with van der Waals surface area (Å²) in [5.41, 5.74) is 0.429. The largest absolute Gasteiger partial charge is 0.497 e. The highest BCUT2D eigenvalue weighted by atomic mass is 16.5. The van der Waals surface area contributed by atoms with E-state index in [1.165, 1.54) is 0 Å². The minimum absolute atomic E-state index is 0.0197. The Hall–Kier alpha value is -2.82. The Labute approximate surface area is 159 Å². The van der Waals surface area contributed by atoms with Crippen LogP contribution in [-0.4, -0.2) is 19.0 Å². The first-order valence-corrected chi connectivity index (χ1v) is 9.23. The summed E-state index contributed by atoms with van der Waals surface area (Å²) in [6, 6.07) is 13.2. The molecule has 0 bridgehead atoms. The molecule has 0 unspecified atom stereocenters. The smallest absolute Gasteiger partial charge is 0.343 e. The van der Waals surface area contributed by atoms with E-state index in [1.54, 1.807) is 55.6 Å². The SMILES string of the molecule is COc1ccc(C(=O)Oc2ccc(OC(=O)C3CCC(C)CC3)cc2)cc1. The molecular formula is C22H24O5. The van der Waals surface area contributed by atoms with E-state index in [0.29, 0.717) is 28.7 Å². The van der Waals surface area contributed by atoms with Crippen molar-refractivity contribution in [2.24, 2.45) is 11.8 Å². The van der Waals surface area contributed by atoms with E-state index in [9.17, 15) is 9.59 Å². The van der Waals surface area contributed by atoms with Crippen molar-refractivity contribution in [2.75, 3.05) is 7.11 Å². The number of carbonyl (C=O) groups excluding carboxylic acids is 2. The predicted octanol–water partition coefficient (Wildman–Crippen LogP) is 4.65. The quantitative estimate of drug-likeness (QED) is 0.568. The van der Waals surface area contributed by atoms with Crippen molar-refractivity contribution < 1.29 is 23.8 Å². The Balaban J connectivity index is 1.55. The predicted molar refractivity (Wildman–Crippen MR) is 101 cm³/mol. The number of methoxy groups -OCH3 is 1. The minimum Gasteiger partial charge on any atom is -0.497 e. The molecule has 0 aliphatic heterocycles. The molecule has 1 aliphatic rings. The van der Waals surface area contributed by atoms with Gasteiger partial charge in [0.1, 0.15) is 17.2 Å². The molecule has 27 heavy (non-hydrogen) atoms. The van der Waals surface area contributed by atoms with Crippen LogP contribution in [0.15, 0.2) is 48.5 Å². The maximum absolute atomic E-state index is 12.3. The zero-order valence-corrected chi connectivity index (χ0v) is 15.6. The number of ether oxygens (including phenoxy) is 3. The van der Waals surface area contributed by atoms with Crippen molar-refractivity contribution in [3.63, 3.8) is 0 Å². The molecule has 0 aromatic heterocycles. The molecule has 0 heterocycles. The highest BCUT2D eigenvalue weighted by Gasteiger charge is 2.25. The minimum atomic E-state index is -0.460. The lowest BCUT2D eigenvalue weighted by atomic mass is 9.83. The molecule has 0 radical (unpaired) electrons. The van der Waals surface area contributed by atoms with Crippen LogP contribution in [0.3, 0.4) is 0 Å². The normalized spacial score (nSPS) is 19.2. The molecule has 5 nitrogen and oxygen atoms in total. The Morgan fingerprint density at radius 2 is 1.30 bits per heavy atom. The molecule has 1 fully saturated rings. The van der Waals surface area contributed by atoms with Crippen LogP contribution in [0.4, 0.5) is 0 Å². The van der Waals surface area contributed by atoms with Crippen molar-refractivity contribution in [1.82, 2.24) is 0 Å². The van der Waals surface area contributed by atoms with Gasteiger partial charge in [0, 0.05) is 0 Å². The third kappa shape index (κ3) is 5.09. The third-order valence-corrected chi connectivity index (χ3v) is 4.93. The van der Waals surface area contributed by atoms with Crippen molar-refractivity contribution in [2.45, 2.75) is 32.6 Å². The maximum atomic E-state index is 12.3. The second-order valence-corrected chi connectivity index (χ2v) is 6.97. The van der Waals surface area contributed by atoms with Crippen molar-refractivity contribution in [3.8, 4) is 17.2 Å². The average molecular weight is 368 g/mol. The molecule has 5 heteroatoms. The number of benzene rings is 2. The van der Waals surface area contributed by atoms with Crippen LogP contribution in [0, 0.1) is 11.8 Å². The lowest BCUT2D eigenvalue weighted by Gasteiger charge is -2.24. The Morgan fingerprint density at radius 3 is 1.85 bits per heavy atom. The molecule has 2 aromatic carbocycles. The van der Waals surface area contributed by atoms with E-state index in [1.807, 2.05) is 0 Å². The summed E-state index contributed by atoms with van der Waals surface area (Å²) in [6.07, 6.45) is 3.91. The van der Waals surface area contributed by atoms with Crippen LogP contribution in [0.25, 0.3) is 0 Å². The first-order valence-electron chi connectivity index (χ1n) is 9.23. The Kier molecular flexibility index (Phi) is 6.12. The van der Waals surface area contributed by atoms with E-state index in [0.717, 1.165) is 25.7 Å². The lowest BCUT2D eigenvalue weighted by molar-refractivity contribution is -0.140. The summed E-state index contributed by atoms with van der Waals surface area (Å²) in [5.74, 6) is 1.56. The van der Waals surface area contributed by atoms with E-state index in [2.05, 4.69) is 6.92 Å².